The van der Waals surface area contributed by atoms with Gasteiger partial charge in [-0.05, 0) is 49.6 Å². The minimum atomic E-state index is -0.817. The number of hydrogen-bond acceptors (Lipinski definition) is 6. The number of carboxylic acid groups (broad SMARTS) is 1. The van der Waals surface area contributed by atoms with Gasteiger partial charge in [-0.3, -0.25) is 4.79 Å². The highest BCUT2D eigenvalue weighted by atomic mass is 19.1. The number of carboxylic acids is 1. The van der Waals surface area contributed by atoms with E-state index in [1.165, 1.54) is 6.07 Å². The molecule has 3 aromatic carbocycles. The fourth-order valence-electron chi connectivity index (χ4n) is 5.10. The second kappa shape index (κ2) is 9.26. The molecule has 3 aliphatic rings. The molecular weight excluding hydrogens is 467 g/mol. The quantitative estimate of drug-likeness (QED) is 0.447. The first-order chi connectivity index (χ1) is 17.5. The van der Waals surface area contributed by atoms with Crippen molar-refractivity contribution in [2.45, 2.75) is 37.7 Å². The van der Waals surface area contributed by atoms with Gasteiger partial charge in [-0.1, -0.05) is 6.07 Å². The largest absolute Gasteiger partial charge is 0.493 e. The molecule has 3 aromatic rings. The second-order valence-electron chi connectivity index (χ2n) is 9.13. The van der Waals surface area contributed by atoms with E-state index in [1.54, 1.807) is 18.2 Å². The first kappa shape index (κ1) is 22.5. The lowest BCUT2D eigenvalue weighted by Crippen LogP contribution is -2.15. The second-order valence-corrected chi connectivity index (χ2v) is 9.13. The van der Waals surface area contributed by atoms with E-state index in [2.05, 4.69) is 0 Å². The standard InChI is InChI=1S/C28H25FO7/c29-21-6-9-22(35-18-3-7-23-26(14-18)33-12-11-32-23)20-5-8-24(28(20)21)36-17-2-4-19-16(1-10-27(30)31)15-34-25(19)13-17/h2-4,6-7,9,13-14,16,24H,1,5,8,10-12,15H2,(H,30,31)/t16-,24-/m1/s1. The summed E-state index contributed by atoms with van der Waals surface area (Å²) in [5.74, 6) is 2.67. The molecular formula is C28H25FO7. The Bertz CT molecular complexity index is 1320. The number of ether oxygens (including phenoxy) is 5. The van der Waals surface area contributed by atoms with Gasteiger partial charge in [-0.15, -0.1) is 0 Å². The van der Waals surface area contributed by atoms with Gasteiger partial charge in [0.25, 0.3) is 0 Å². The fourth-order valence-corrected chi connectivity index (χ4v) is 5.10. The first-order valence-corrected chi connectivity index (χ1v) is 12.1. The minimum absolute atomic E-state index is 0.0510. The van der Waals surface area contributed by atoms with Gasteiger partial charge in [0.05, 0.1) is 6.61 Å². The van der Waals surface area contributed by atoms with Crippen LogP contribution >= 0.6 is 0 Å². The highest BCUT2D eigenvalue weighted by Gasteiger charge is 2.32. The number of rotatable bonds is 7. The van der Waals surface area contributed by atoms with Gasteiger partial charge in [0.15, 0.2) is 11.5 Å². The molecule has 7 nitrogen and oxygen atoms in total. The van der Waals surface area contributed by atoms with E-state index in [1.807, 2.05) is 24.3 Å². The van der Waals surface area contributed by atoms with Crippen LogP contribution in [-0.2, 0) is 11.2 Å². The average molecular weight is 492 g/mol. The van der Waals surface area contributed by atoms with Gasteiger partial charge in [0.2, 0.25) is 0 Å². The molecule has 0 bridgehead atoms. The molecule has 0 fully saturated rings. The van der Waals surface area contributed by atoms with Crippen LogP contribution in [0.15, 0.2) is 48.5 Å². The lowest BCUT2D eigenvalue weighted by Gasteiger charge is -2.19. The van der Waals surface area contributed by atoms with Crippen molar-refractivity contribution in [1.29, 1.82) is 0 Å². The Labute approximate surface area is 207 Å². The fraction of sp³-hybridized carbons (Fsp3) is 0.321. The maximum absolute atomic E-state index is 15.0. The Morgan fingerprint density at radius 2 is 1.78 bits per heavy atom. The number of hydrogen-bond donors (Lipinski definition) is 1. The zero-order chi connectivity index (χ0) is 24.6. The highest BCUT2D eigenvalue weighted by Crippen LogP contribution is 2.45. The van der Waals surface area contributed by atoms with Crippen molar-refractivity contribution in [1.82, 2.24) is 0 Å². The van der Waals surface area contributed by atoms with E-state index in [4.69, 9.17) is 28.8 Å². The van der Waals surface area contributed by atoms with Crippen LogP contribution in [-0.4, -0.2) is 30.9 Å². The van der Waals surface area contributed by atoms with E-state index >= 15 is 0 Å². The smallest absolute Gasteiger partial charge is 0.303 e. The van der Waals surface area contributed by atoms with Crippen LogP contribution in [0, 0.1) is 5.82 Å². The predicted octanol–water partition coefficient (Wildman–Crippen LogP) is 5.80. The number of aliphatic carboxylic acids is 1. The van der Waals surface area contributed by atoms with Gasteiger partial charge in [-0.25, -0.2) is 4.39 Å². The van der Waals surface area contributed by atoms with Gasteiger partial charge >= 0.3 is 5.97 Å². The van der Waals surface area contributed by atoms with Crippen LogP contribution in [0.1, 0.15) is 48.0 Å². The summed E-state index contributed by atoms with van der Waals surface area (Å²) in [6.45, 7) is 1.45. The molecule has 36 heavy (non-hydrogen) atoms. The Kier molecular flexibility index (Phi) is 5.79. The number of halogens is 1. The van der Waals surface area contributed by atoms with E-state index in [0.29, 0.717) is 79.1 Å². The van der Waals surface area contributed by atoms with Crippen molar-refractivity contribution in [3.05, 3.63) is 71.0 Å². The van der Waals surface area contributed by atoms with Crippen LogP contribution in [0.3, 0.4) is 0 Å². The SMILES string of the molecule is O=C(O)CC[C@@H]1COc2cc(O[C@@H]3CCc4c(Oc5ccc6c(c5)OCCO6)ccc(F)c43)ccc21. The van der Waals surface area contributed by atoms with Crippen molar-refractivity contribution in [3.63, 3.8) is 0 Å². The Balaban J connectivity index is 1.20. The van der Waals surface area contributed by atoms with Crippen LogP contribution in [0.25, 0.3) is 0 Å². The van der Waals surface area contributed by atoms with E-state index < -0.39 is 12.1 Å². The van der Waals surface area contributed by atoms with E-state index in [0.717, 1.165) is 11.1 Å². The summed E-state index contributed by atoms with van der Waals surface area (Å²) >= 11 is 0. The van der Waals surface area contributed by atoms with Crippen molar-refractivity contribution in [2.75, 3.05) is 19.8 Å². The molecule has 1 N–H and O–H groups in total. The van der Waals surface area contributed by atoms with Crippen LogP contribution in [0.5, 0.6) is 34.5 Å². The average Bonchev–Trinajstić information content (AvgIpc) is 3.49. The zero-order valence-corrected chi connectivity index (χ0v) is 19.5. The summed E-state index contributed by atoms with van der Waals surface area (Å²) in [5, 5.41) is 8.97. The topological polar surface area (TPSA) is 83.5 Å². The Hall–Kier alpha value is -3.94. The zero-order valence-electron chi connectivity index (χ0n) is 19.5. The van der Waals surface area contributed by atoms with Gasteiger partial charge < -0.3 is 28.8 Å². The Morgan fingerprint density at radius 1 is 0.972 bits per heavy atom. The van der Waals surface area contributed by atoms with Gasteiger partial charge in [0, 0.05) is 41.2 Å². The van der Waals surface area contributed by atoms with Crippen molar-refractivity contribution < 1.29 is 38.0 Å². The van der Waals surface area contributed by atoms with Crippen LogP contribution < -0.4 is 23.7 Å². The maximum atomic E-state index is 15.0. The first-order valence-electron chi connectivity index (χ1n) is 12.1. The maximum Gasteiger partial charge on any atom is 0.303 e. The molecule has 6 rings (SSSR count). The number of fused-ring (bicyclic) bond motifs is 3. The molecule has 0 saturated heterocycles. The normalized spacial score (nSPS) is 19.2. The summed E-state index contributed by atoms with van der Waals surface area (Å²) < 4.78 is 44.3. The molecule has 0 unspecified atom stereocenters. The Morgan fingerprint density at radius 3 is 2.64 bits per heavy atom. The summed E-state index contributed by atoms with van der Waals surface area (Å²) in [6.07, 6.45) is 1.41. The molecule has 8 heteroatoms. The van der Waals surface area contributed by atoms with E-state index in [-0.39, 0.29) is 18.2 Å². The van der Waals surface area contributed by atoms with Crippen molar-refractivity contribution >= 4 is 5.97 Å². The summed E-state index contributed by atoms with van der Waals surface area (Å²) in [6, 6.07) is 14.0. The molecule has 0 radical (unpaired) electrons. The van der Waals surface area contributed by atoms with Crippen molar-refractivity contribution in [2.24, 2.45) is 0 Å². The molecule has 0 aromatic heterocycles. The highest BCUT2D eigenvalue weighted by molar-refractivity contribution is 5.66. The molecule has 186 valence electrons. The van der Waals surface area contributed by atoms with Gasteiger partial charge in [0.1, 0.15) is 48.1 Å². The third-order valence-corrected chi connectivity index (χ3v) is 6.83. The molecule has 2 heterocycles. The third kappa shape index (κ3) is 4.27. The molecule has 0 saturated carbocycles. The summed E-state index contributed by atoms with van der Waals surface area (Å²) in [4.78, 5) is 10.9. The molecule has 2 aliphatic heterocycles. The summed E-state index contributed by atoms with van der Waals surface area (Å²) in [7, 11) is 0. The molecule has 0 amide bonds. The monoisotopic (exact) mass is 492 g/mol. The van der Waals surface area contributed by atoms with Crippen LogP contribution in [0.4, 0.5) is 4.39 Å². The number of carbonyl (C=O) groups is 1. The van der Waals surface area contributed by atoms with Crippen LogP contribution in [0.2, 0.25) is 0 Å². The molecule has 1 aliphatic carbocycles. The minimum Gasteiger partial charge on any atom is -0.493 e. The van der Waals surface area contributed by atoms with Crippen molar-refractivity contribution in [3.8, 4) is 34.5 Å². The molecule has 2 atom stereocenters. The molecule has 0 spiro atoms. The lowest BCUT2D eigenvalue weighted by atomic mass is 9.96. The third-order valence-electron chi connectivity index (χ3n) is 6.83. The predicted molar refractivity (Wildman–Crippen MR) is 127 cm³/mol. The summed E-state index contributed by atoms with van der Waals surface area (Å²) in [5.41, 5.74) is 2.28. The lowest BCUT2D eigenvalue weighted by molar-refractivity contribution is -0.137. The van der Waals surface area contributed by atoms with Gasteiger partial charge in [-0.2, -0.15) is 0 Å². The van der Waals surface area contributed by atoms with E-state index in [9.17, 15) is 9.18 Å². The number of benzene rings is 3.